The molecule has 2 rings (SSSR count). The summed E-state index contributed by atoms with van der Waals surface area (Å²) in [6.45, 7) is 0. The fraction of sp³-hybridized carbons (Fsp3) is 0.385. The molecule has 1 aromatic heterocycles. The van der Waals surface area contributed by atoms with Crippen molar-refractivity contribution in [1.82, 2.24) is 4.98 Å². The Morgan fingerprint density at radius 3 is 3.06 bits per heavy atom. The molecule has 1 aliphatic carbocycles. The lowest BCUT2D eigenvalue weighted by Gasteiger charge is -2.08. The van der Waals surface area contributed by atoms with Gasteiger partial charge in [0.05, 0.1) is 19.0 Å². The topological polar surface area (TPSA) is 51.2 Å². The predicted octanol–water partition coefficient (Wildman–Crippen LogP) is 2.39. The molecule has 17 heavy (non-hydrogen) atoms. The number of allylic oxidation sites excluding steroid dienone is 2. The third-order valence-electron chi connectivity index (χ3n) is 2.79. The molecule has 0 fully saturated rings. The zero-order valence-corrected chi connectivity index (χ0v) is 9.85. The number of ether oxygens (including phenoxy) is 1. The maximum absolute atomic E-state index is 11.7. The molecule has 0 aliphatic heterocycles. The van der Waals surface area contributed by atoms with E-state index in [1.165, 1.54) is 0 Å². The molecule has 0 spiro atoms. The van der Waals surface area contributed by atoms with Gasteiger partial charge in [0, 0.05) is 12.5 Å². The van der Waals surface area contributed by atoms with Crippen LogP contribution >= 0.6 is 0 Å². The molecule has 4 nitrogen and oxygen atoms in total. The van der Waals surface area contributed by atoms with Crippen LogP contribution in [0.3, 0.4) is 0 Å². The van der Waals surface area contributed by atoms with E-state index >= 15 is 0 Å². The van der Waals surface area contributed by atoms with Crippen molar-refractivity contribution in [3.05, 3.63) is 30.5 Å². The minimum absolute atomic E-state index is 0.0357. The summed E-state index contributed by atoms with van der Waals surface area (Å²) >= 11 is 0. The van der Waals surface area contributed by atoms with Crippen LogP contribution in [0.4, 0.5) is 5.69 Å². The van der Waals surface area contributed by atoms with Crippen LogP contribution in [-0.4, -0.2) is 18.0 Å². The zero-order valence-electron chi connectivity index (χ0n) is 9.85. The van der Waals surface area contributed by atoms with Gasteiger partial charge in [0.2, 0.25) is 11.8 Å². The van der Waals surface area contributed by atoms with Crippen LogP contribution in [0, 0.1) is 5.92 Å². The molecule has 0 saturated carbocycles. The van der Waals surface area contributed by atoms with E-state index in [2.05, 4.69) is 22.5 Å². The summed E-state index contributed by atoms with van der Waals surface area (Å²) in [6.07, 6.45) is 8.55. The molecule has 0 aromatic carbocycles. The molecule has 90 valence electrons. The number of methoxy groups -OCH3 is 1. The maximum atomic E-state index is 11.7. The van der Waals surface area contributed by atoms with Crippen LogP contribution in [0.25, 0.3) is 0 Å². The molecule has 1 atom stereocenters. The van der Waals surface area contributed by atoms with Crippen LogP contribution in [0.15, 0.2) is 30.5 Å². The number of nitrogens with one attached hydrogen (secondary N) is 1. The smallest absolute Gasteiger partial charge is 0.225 e. The Hall–Kier alpha value is -1.84. The van der Waals surface area contributed by atoms with E-state index in [0.29, 0.717) is 23.9 Å². The second kappa shape index (κ2) is 5.48. The van der Waals surface area contributed by atoms with Gasteiger partial charge in [0.15, 0.2) is 0 Å². The highest BCUT2D eigenvalue weighted by Gasteiger charge is 2.13. The SMILES string of the molecule is COc1ccc(NC(=O)C[C@@H]2C=CCC2)cn1. The highest BCUT2D eigenvalue weighted by Crippen LogP contribution is 2.21. The summed E-state index contributed by atoms with van der Waals surface area (Å²) in [5, 5.41) is 2.83. The van der Waals surface area contributed by atoms with Gasteiger partial charge in [0.25, 0.3) is 0 Å². The first-order valence-corrected chi connectivity index (χ1v) is 5.74. The highest BCUT2D eigenvalue weighted by atomic mass is 16.5. The quantitative estimate of drug-likeness (QED) is 0.811. The van der Waals surface area contributed by atoms with Gasteiger partial charge in [-0.2, -0.15) is 0 Å². The molecule has 0 bridgehead atoms. The van der Waals surface area contributed by atoms with Gasteiger partial charge < -0.3 is 10.1 Å². The average Bonchev–Trinajstić information content (AvgIpc) is 2.82. The number of amides is 1. The molecule has 1 amide bonds. The lowest BCUT2D eigenvalue weighted by atomic mass is 10.1. The van der Waals surface area contributed by atoms with Crippen molar-refractivity contribution in [2.24, 2.45) is 5.92 Å². The van der Waals surface area contributed by atoms with Gasteiger partial charge in [-0.25, -0.2) is 4.98 Å². The number of rotatable bonds is 4. The van der Waals surface area contributed by atoms with Crippen molar-refractivity contribution < 1.29 is 9.53 Å². The monoisotopic (exact) mass is 232 g/mol. The number of hydrogen-bond acceptors (Lipinski definition) is 3. The predicted molar refractivity (Wildman–Crippen MR) is 65.9 cm³/mol. The van der Waals surface area contributed by atoms with Crippen molar-refractivity contribution >= 4 is 11.6 Å². The Morgan fingerprint density at radius 2 is 2.47 bits per heavy atom. The normalized spacial score (nSPS) is 18.1. The summed E-state index contributed by atoms with van der Waals surface area (Å²) in [5.41, 5.74) is 0.706. The van der Waals surface area contributed by atoms with Crippen molar-refractivity contribution in [2.45, 2.75) is 19.3 Å². The number of aromatic nitrogens is 1. The Kier molecular flexibility index (Phi) is 3.75. The third-order valence-corrected chi connectivity index (χ3v) is 2.79. The molecule has 0 saturated heterocycles. The molecular formula is C13H16N2O2. The van der Waals surface area contributed by atoms with E-state index in [9.17, 15) is 4.79 Å². The number of pyridine rings is 1. The Balaban J connectivity index is 1.86. The maximum Gasteiger partial charge on any atom is 0.225 e. The van der Waals surface area contributed by atoms with Crippen molar-refractivity contribution in [2.75, 3.05) is 12.4 Å². The largest absolute Gasteiger partial charge is 0.481 e. The number of carbonyl (C=O) groups excluding carboxylic acids is 1. The van der Waals surface area contributed by atoms with E-state index in [1.54, 1.807) is 25.4 Å². The first-order chi connectivity index (χ1) is 8.28. The minimum Gasteiger partial charge on any atom is -0.481 e. The number of nitrogens with zero attached hydrogens (tertiary/aromatic N) is 1. The first kappa shape index (κ1) is 11.6. The van der Waals surface area contributed by atoms with Gasteiger partial charge in [-0.1, -0.05) is 12.2 Å². The van der Waals surface area contributed by atoms with E-state index in [1.807, 2.05) is 0 Å². The molecule has 1 N–H and O–H groups in total. The second-order valence-electron chi connectivity index (χ2n) is 4.11. The standard InChI is InChI=1S/C13H16N2O2/c1-17-13-7-6-11(9-14-13)15-12(16)8-10-4-2-3-5-10/h2,4,6-7,9-10H,3,5,8H2,1H3,(H,15,16)/t10-/m1/s1. The van der Waals surface area contributed by atoms with E-state index in [4.69, 9.17) is 4.74 Å². The van der Waals surface area contributed by atoms with Crippen molar-refractivity contribution in [3.63, 3.8) is 0 Å². The van der Waals surface area contributed by atoms with Gasteiger partial charge in [-0.3, -0.25) is 4.79 Å². The van der Waals surface area contributed by atoms with Crippen LogP contribution < -0.4 is 10.1 Å². The van der Waals surface area contributed by atoms with Gasteiger partial charge in [-0.05, 0) is 24.8 Å². The number of carbonyl (C=O) groups is 1. The number of hydrogen-bond donors (Lipinski definition) is 1. The zero-order chi connectivity index (χ0) is 12.1. The van der Waals surface area contributed by atoms with Gasteiger partial charge >= 0.3 is 0 Å². The number of anilines is 1. The van der Waals surface area contributed by atoms with Crippen LogP contribution in [0.1, 0.15) is 19.3 Å². The van der Waals surface area contributed by atoms with Crippen molar-refractivity contribution in [1.29, 1.82) is 0 Å². The molecule has 4 heteroatoms. The first-order valence-electron chi connectivity index (χ1n) is 5.74. The Bertz CT molecular complexity index is 412. The van der Waals surface area contributed by atoms with E-state index in [0.717, 1.165) is 12.8 Å². The van der Waals surface area contributed by atoms with Crippen molar-refractivity contribution in [3.8, 4) is 5.88 Å². The third kappa shape index (κ3) is 3.31. The summed E-state index contributed by atoms with van der Waals surface area (Å²) in [5.74, 6) is 0.969. The summed E-state index contributed by atoms with van der Waals surface area (Å²) < 4.78 is 4.95. The molecule has 1 aliphatic rings. The van der Waals surface area contributed by atoms with Crippen LogP contribution in [0.2, 0.25) is 0 Å². The lowest BCUT2D eigenvalue weighted by Crippen LogP contribution is -2.14. The molecule has 1 aromatic rings. The summed E-state index contributed by atoms with van der Waals surface area (Å²) in [4.78, 5) is 15.7. The lowest BCUT2D eigenvalue weighted by molar-refractivity contribution is -0.116. The van der Waals surface area contributed by atoms with Gasteiger partial charge in [-0.15, -0.1) is 0 Å². The van der Waals surface area contributed by atoms with Crippen LogP contribution in [-0.2, 0) is 4.79 Å². The molecule has 1 heterocycles. The van der Waals surface area contributed by atoms with Gasteiger partial charge in [0.1, 0.15) is 0 Å². The van der Waals surface area contributed by atoms with Crippen LogP contribution in [0.5, 0.6) is 5.88 Å². The van der Waals surface area contributed by atoms with E-state index in [-0.39, 0.29) is 5.91 Å². The second-order valence-corrected chi connectivity index (χ2v) is 4.11. The molecular weight excluding hydrogens is 216 g/mol. The van der Waals surface area contributed by atoms with E-state index < -0.39 is 0 Å². The Morgan fingerprint density at radius 1 is 1.59 bits per heavy atom. The average molecular weight is 232 g/mol. The fourth-order valence-corrected chi connectivity index (χ4v) is 1.89. The molecule has 0 unspecified atom stereocenters. The highest BCUT2D eigenvalue weighted by molar-refractivity contribution is 5.90. The summed E-state index contributed by atoms with van der Waals surface area (Å²) in [7, 11) is 1.56. The fourth-order valence-electron chi connectivity index (χ4n) is 1.89. The Labute approximate surface area is 101 Å². The minimum atomic E-state index is 0.0357. The summed E-state index contributed by atoms with van der Waals surface area (Å²) in [6, 6.07) is 3.51. The molecule has 0 radical (unpaired) electrons.